The maximum absolute atomic E-state index is 11.2. The highest BCUT2D eigenvalue weighted by molar-refractivity contribution is 6.31. The highest BCUT2D eigenvalue weighted by Gasteiger charge is 2.28. The molecule has 1 aromatic carbocycles. The molecule has 0 N–H and O–H groups in total. The second kappa shape index (κ2) is 4.23. The molecule has 0 atom stereocenters. The maximum Gasteiger partial charge on any atom is 0.309 e. The van der Waals surface area contributed by atoms with Gasteiger partial charge in [-0.2, -0.15) is 0 Å². The van der Waals surface area contributed by atoms with E-state index in [1.54, 1.807) is 0 Å². The summed E-state index contributed by atoms with van der Waals surface area (Å²) < 4.78 is 4.67. The number of halogens is 1. The molecule has 1 saturated carbocycles. The number of carbonyl (C=O) groups is 1. The van der Waals surface area contributed by atoms with Crippen molar-refractivity contribution in [3.05, 3.63) is 34.3 Å². The second-order valence-corrected chi connectivity index (χ2v) is 4.25. The number of ether oxygens (including phenoxy) is 1. The fourth-order valence-corrected chi connectivity index (χ4v) is 2.14. The summed E-state index contributed by atoms with van der Waals surface area (Å²) >= 11 is 6.14. The van der Waals surface area contributed by atoms with Crippen molar-refractivity contribution in [3.8, 4) is 0 Å². The zero-order valence-corrected chi connectivity index (χ0v) is 9.38. The molecule has 0 saturated heterocycles. The smallest absolute Gasteiger partial charge is 0.309 e. The van der Waals surface area contributed by atoms with Crippen LogP contribution in [0.5, 0.6) is 0 Å². The van der Waals surface area contributed by atoms with E-state index < -0.39 is 0 Å². The Hall–Kier alpha value is -1.02. The summed E-state index contributed by atoms with van der Waals surface area (Å²) in [7, 11) is 1.41. The summed E-state index contributed by atoms with van der Waals surface area (Å²) in [5.41, 5.74) is 2.15. The van der Waals surface area contributed by atoms with Gasteiger partial charge in [0.25, 0.3) is 0 Å². The zero-order chi connectivity index (χ0) is 10.8. The second-order valence-electron chi connectivity index (χ2n) is 3.84. The number of hydrogen-bond donors (Lipinski definition) is 0. The molecule has 1 aliphatic carbocycles. The summed E-state index contributed by atoms with van der Waals surface area (Å²) in [4.78, 5) is 11.2. The minimum atomic E-state index is -0.209. The van der Waals surface area contributed by atoms with Gasteiger partial charge in [0.1, 0.15) is 0 Å². The van der Waals surface area contributed by atoms with E-state index in [0.717, 1.165) is 16.1 Å². The van der Waals surface area contributed by atoms with Gasteiger partial charge in [-0.1, -0.05) is 23.7 Å². The van der Waals surface area contributed by atoms with Crippen molar-refractivity contribution in [2.24, 2.45) is 0 Å². The van der Waals surface area contributed by atoms with Crippen LogP contribution < -0.4 is 0 Å². The summed E-state index contributed by atoms with van der Waals surface area (Å²) in [5.74, 6) is 0.345. The first-order valence-electron chi connectivity index (χ1n) is 5.06. The number of esters is 1. The van der Waals surface area contributed by atoms with E-state index in [-0.39, 0.29) is 5.97 Å². The third-order valence-electron chi connectivity index (χ3n) is 2.69. The number of methoxy groups -OCH3 is 1. The van der Waals surface area contributed by atoms with Gasteiger partial charge < -0.3 is 4.74 Å². The van der Waals surface area contributed by atoms with Crippen molar-refractivity contribution < 1.29 is 9.53 Å². The van der Waals surface area contributed by atoms with Crippen LogP contribution in [0.4, 0.5) is 0 Å². The molecule has 0 amide bonds. The van der Waals surface area contributed by atoms with E-state index in [1.807, 2.05) is 18.2 Å². The van der Waals surface area contributed by atoms with Crippen LogP contribution in [0.3, 0.4) is 0 Å². The molecule has 2 nitrogen and oxygen atoms in total. The topological polar surface area (TPSA) is 26.3 Å². The quantitative estimate of drug-likeness (QED) is 0.738. The lowest BCUT2D eigenvalue weighted by molar-refractivity contribution is -0.139. The Morgan fingerprint density at radius 3 is 2.87 bits per heavy atom. The molecule has 0 unspecified atom stereocenters. The Morgan fingerprint density at radius 1 is 1.53 bits per heavy atom. The third kappa shape index (κ3) is 2.32. The molecule has 1 aliphatic rings. The van der Waals surface area contributed by atoms with E-state index in [0.29, 0.717) is 12.3 Å². The molecular formula is C12H13ClO2. The van der Waals surface area contributed by atoms with E-state index in [9.17, 15) is 4.79 Å². The van der Waals surface area contributed by atoms with Crippen LogP contribution in [0.25, 0.3) is 0 Å². The molecule has 0 spiro atoms. The molecule has 0 aliphatic heterocycles. The van der Waals surface area contributed by atoms with E-state index in [4.69, 9.17) is 11.6 Å². The normalized spacial score (nSPS) is 15.1. The number of carbonyl (C=O) groups excluding carboxylic acids is 1. The maximum atomic E-state index is 11.2. The average molecular weight is 225 g/mol. The molecule has 1 fully saturated rings. The van der Waals surface area contributed by atoms with Crippen LogP contribution >= 0.6 is 11.6 Å². The lowest BCUT2D eigenvalue weighted by atomic mass is 10.0. The predicted molar refractivity (Wildman–Crippen MR) is 59.1 cm³/mol. The van der Waals surface area contributed by atoms with Crippen molar-refractivity contribution in [2.45, 2.75) is 25.2 Å². The SMILES string of the molecule is COC(=O)Cc1cccc(Cl)c1C1CC1. The lowest BCUT2D eigenvalue weighted by Gasteiger charge is -2.09. The standard InChI is InChI=1S/C12H13ClO2/c1-15-11(14)7-9-3-2-4-10(13)12(9)8-5-6-8/h2-4,8H,5-7H2,1H3. The fraction of sp³-hybridized carbons (Fsp3) is 0.417. The molecule has 80 valence electrons. The predicted octanol–water partition coefficient (Wildman–Crippen LogP) is 2.93. The molecule has 2 rings (SSSR count). The van der Waals surface area contributed by atoms with Gasteiger partial charge in [0.15, 0.2) is 0 Å². The molecule has 0 radical (unpaired) electrons. The zero-order valence-electron chi connectivity index (χ0n) is 8.63. The first-order valence-corrected chi connectivity index (χ1v) is 5.44. The highest BCUT2D eigenvalue weighted by Crippen LogP contribution is 2.44. The van der Waals surface area contributed by atoms with Crippen LogP contribution in [0, 0.1) is 0 Å². The fourth-order valence-electron chi connectivity index (χ4n) is 1.79. The molecule has 0 bridgehead atoms. The Morgan fingerprint density at radius 2 is 2.27 bits per heavy atom. The van der Waals surface area contributed by atoms with Crippen molar-refractivity contribution in [3.63, 3.8) is 0 Å². The van der Waals surface area contributed by atoms with Crippen LogP contribution in [-0.2, 0) is 16.0 Å². The van der Waals surface area contributed by atoms with E-state index in [1.165, 1.54) is 20.0 Å². The molecule has 15 heavy (non-hydrogen) atoms. The van der Waals surface area contributed by atoms with Gasteiger partial charge >= 0.3 is 5.97 Å². The van der Waals surface area contributed by atoms with Crippen molar-refractivity contribution >= 4 is 17.6 Å². The monoisotopic (exact) mass is 224 g/mol. The first kappa shape index (κ1) is 10.5. The summed E-state index contributed by atoms with van der Waals surface area (Å²) in [5, 5.41) is 0.777. The average Bonchev–Trinajstić information content (AvgIpc) is 3.01. The summed E-state index contributed by atoms with van der Waals surface area (Å²) in [6, 6.07) is 5.72. The Bertz CT molecular complexity index is 383. The molecule has 3 heteroatoms. The number of hydrogen-bond acceptors (Lipinski definition) is 2. The molecule has 0 heterocycles. The number of benzene rings is 1. The first-order chi connectivity index (χ1) is 7.22. The van der Waals surface area contributed by atoms with Crippen LogP contribution in [0.1, 0.15) is 29.9 Å². The van der Waals surface area contributed by atoms with Crippen LogP contribution in [-0.4, -0.2) is 13.1 Å². The van der Waals surface area contributed by atoms with Gasteiger partial charge in [-0.3, -0.25) is 4.79 Å². The minimum absolute atomic E-state index is 0.209. The largest absolute Gasteiger partial charge is 0.469 e. The van der Waals surface area contributed by atoms with Gasteiger partial charge in [-0.25, -0.2) is 0 Å². The summed E-state index contributed by atoms with van der Waals surface area (Å²) in [6.07, 6.45) is 2.68. The lowest BCUT2D eigenvalue weighted by Crippen LogP contribution is -2.06. The van der Waals surface area contributed by atoms with Crippen LogP contribution in [0.15, 0.2) is 18.2 Å². The van der Waals surface area contributed by atoms with E-state index in [2.05, 4.69) is 4.74 Å². The van der Waals surface area contributed by atoms with Crippen molar-refractivity contribution in [2.75, 3.05) is 7.11 Å². The van der Waals surface area contributed by atoms with E-state index >= 15 is 0 Å². The highest BCUT2D eigenvalue weighted by atomic mass is 35.5. The van der Waals surface area contributed by atoms with Gasteiger partial charge in [-0.05, 0) is 36.0 Å². The third-order valence-corrected chi connectivity index (χ3v) is 3.02. The molecular weight excluding hydrogens is 212 g/mol. The van der Waals surface area contributed by atoms with Crippen molar-refractivity contribution in [1.82, 2.24) is 0 Å². The van der Waals surface area contributed by atoms with Gasteiger partial charge in [0, 0.05) is 5.02 Å². The number of rotatable bonds is 3. The molecule has 1 aromatic rings. The molecule has 0 aromatic heterocycles. The van der Waals surface area contributed by atoms with Gasteiger partial charge in [0.2, 0.25) is 0 Å². The Balaban J connectivity index is 2.28. The Kier molecular flexibility index (Phi) is 2.96. The minimum Gasteiger partial charge on any atom is -0.469 e. The van der Waals surface area contributed by atoms with Gasteiger partial charge in [0.05, 0.1) is 13.5 Å². The van der Waals surface area contributed by atoms with Crippen molar-refractivity contribution in [1.29, 1.82) is 0 Å². The van der Waals surface area contributed by atoms with Crippen LogP contribution in [0.2, 0.25) is 5.02 Å². The Labute approximate surface area is 94.2 Å². The van der Waals surface area contributed by atoms with Gasteiger partial charge in [-0.15, -0.1) is 0 Å². The summed E-state index contributed by atoms with van der Waals surface area (Å²) in [6.45, 7) is 0.